The van der Waals surface area contributed by atoms with Crippen LogP contribution in [0.15, 0.2) is 29.6 Å². The monoisotopic (exact) mass is 416 g/mol. The quantitative estimate of drug-likeness (QED) is 0.682. The maximum Gasteiger partial charge on any atom is 0.342 e. The van der Waals surface area contributed by atoms with Gasteiger partial charge in [-0.3, -0.25) is 4.79 Å². The molecule has 0 radical (unpaired) electrons. The third-order valence-electron chi connectivity index (χ3n) is 5.24. The number of benzene rings is 1. The van der Waals surface area contributed by atoms with Crippen molar-refractivity contribution < 1.29 is 19.1 Å². The van der Waals surface area contributed by atoms with Crippen LogP contribution in [0.2, 0.25) is 0 Å². The van der Waals surface area contributed by atoms with Gasteiger partial charge in [-0.05, 0) is 44.7 Å². The summed E-state index contributed by atoms with van der Waals surface area (Å²) in [7, 11) is 0. The van der Waals surface area contributed by atoms with Gasteiger partial charge in [-0.2, -0.15) is 0 Å². The third kappa shape index (κ3) is 5.79. The van der Waals surface area contributed by atoms with E-state index in [9.17, 15) is 9.59 Å². The smallest absolute Gasteiger partial charge is 0.342 e. The molecule has 0 saturated heterocycles. The maximum atomic E-state index is 12.7. The summed E-state index contributed by atoms with van der Waals surface area (Å²) >= 11 is 1.55. The van der Waals surface area contributed by atoms with E-state index >= 15 is 0 Å². The van der Waals surface area contributed by atoms with Crippen LogP contribution in [0.4, 0.5) is 0 Å². The van der Waals surface area contributed by atoms with E-state index in [0.717, 1.165) is 30.0 Å². The van der Waals surface area contributed by atoms with E-state index in [4.69, 9.17) is 9.47 Å². The van der Waals surface area contributed by atoms with Crippen LogP contribution in [-0.4, -0.2) is 29.0 Å². The molecule has 7 heteroatoms. The first-order valence-corrected chi connectivity index (χ1v) is 11.0. The summed E-state index contributed by atoms with van der Waals surface area (Å²) in [5.74, 6) is 0.0265. The third-order valence-corrected chi connectivity index (χ3v) is 6.06. The number of hydrogen-bond acceptors (Lipinski definition) is 6. The Bertz CT molecular complexity index is 851. The summed E-state index contributed by atoms with van der Waals surface area (Å²) in [5, 5.41) is 5.92. The molecule has 1 amide bonds. The first kappa shape index (κ1) is 21.3. The Morgan fingerprint density at radius 3 is 2.76 bits per heavy atom. The highest BCUT2D eigenvalue weighted by atomic mass is 32.1. The molecular formula is C22H28N2O4S. The SMILES string of the molecule is Cc1nc(COc2ccccc2C(=O)O[C@@H](C)C(=O)N[C@@H]2CCCC[C@@H]2C)cs1. The van der Waals surface area contributed by atoms with E-state index in [1.165, 1.54) is 6.42 Å². The highest BCUT2D eigenvalue weighted by Gasteiger charge is 2.27. The minimum Gasteiger partial charge on any atom is -0.486 e. The normalized spacial score (nSPS) is 20.0. The Kier molecular flexibility index (Phi) is 7.25. The molecular weight excluding hydrogens is 388 g/mol. The number of carbonyl (C=O) groups excluding carboxylic acids is 2. The van der Waals surface area contributed by atoms with E-state index in [1.807, 2.05) is 12.3 Å². The zero-order valence-corrected chi connectivity index (χ0v) is 18.0. The molecule has 0 unspecified atom stereocenters. The fourth-order valence-electron chi connectivity index (χ4n) is 3.50. The largest absolute Gasteiger partial charge is 0.486 e. The molecule has 1 saturated carbocycles. The summed E-state index contributed by atoms with van der Waals surface area (Å²) in [6.45, 7) is 5.95. The molecule has 1 aromatic carbocycles. The molecule has 1 aliphatic carbocycles. The number of thiazole rings is 1. The van der Waals surface area contributed by atoms with Crippen LogP contribution < -0.4 is 10.1 Å². The van der Waals surface area contributed by atoms with Crippen molar-refractivity contribution >= 4 is 23.2 Å². The Morgan fingerprint density at radius 2 is 2.03 bits per heavy atom. The molecule has 1 N–H and O–H groups in total. The number of carbonyl (C=O) groups is 2. The fourth-order valence-corrected chi connectivity index (χ4v) is 4.09. The molecule has 0 spiro atoms. The van der Waals surface area contributed by atoms with Gasteiger partial charge in [-0.25, -0.2) is 9.78 Å². The number of esters is 1. The number of hydrogen-bond donors (Lipinski definition) is 1. The van der Waals surface area contributed by atoms with Crippen LogP contribution in [-0.2, 0) is 16.1 Å². The topological polar surface area (TPSA) is 77.5 Å². The van der Waals surface area contributed by atoms with Crippen LogP contribution in [0.3, 0.4) is 0 Å². The Morgan fingerprint density at radius 1 is 1.28 bits per heavy atom. The van der Waals surface area contributed by atoms with Gasteiger partial charge in [0.15, 0.2) is 6.10 Å². The fraction of sp³-hybridized carbons (Fsp3) is 0.500. The lowest BCUT2D eigenvalue weighted by Gasteiger charge is -2.30. The minimum absolute atomic E-state index is 0.148. The van der Waals surface area contributed by atoms with Gasteiger partial charge in [0, 0.05) is 11.4 Å². The van der Waals surface area contributed by atoms with Gasteiger partial charge in [-0.15, -0.1) is 11.3 Å². The van der Waals surface area contributed by atoms with Crippen LogP contribution in [0.5, 0.6) is 5.75 Å². The molecule has 0 bridgehead atoms. The standard InChI is InChI=1S/C22H28N2O4S/c1-14-8-4-6-10-19(14)24-21(25)15(2)28-22(26)18-9-5-7-11-20(18)27-12-17-13-29-16(3)23-17/h5,7,9,11,13-15,19H,4,6,8,10,12H2,1-3H3,(H,24,25)/t14-,15-,19+/m0/s1. The zero-order valence-electron chi connectivity index (χ0n) is 17.1. The number of rotatable bonds is 7. The van der Waals surface area contributed by atoms with Gasteiger partial charge in [0.1, 0.15) is 17.9 Å². The van der Waals surface area contributed by atoms with E-state index < -0.39 is 12.1 Å². The molecule has 1 heterocycles. The summed E-state index contributed by atoms with van der Waals surface area (Å²) in [4.78, 5) is 29.5. The van der Waals surface area contributed by atoms with E-state index in [0.29, 0.717) is 17.2 Å². The average molecular weight is 417 g/mol. The summed E-state index contributed by atoms with van der Waals surface area (Å²) < 4.78 is 11.2. The lowest BCUT2D eigenvalue weighted by Crippen LogP contribution is -2.46. The zero-order chi connectivity index (χ0) is 20.8. The molecule has 156 valence electrons. The van der Waals surface area contributed by atoms with Gasteiger partial charge in [-0.1, -0.05) is 31.9 Å². The summed E-state index contributed by atoms with van der Waals surface area (Å²) in [5.41, 5.74) is 1.11. The van der Waals surface area contributed by atoms with Crippen molar-refractivity contribution in [1.82, 2.24) is 10.3 Å². The van der Waals surface area contributed by atoms with E-state index in [2.05, 4.69) is 17.2 Å². The number of amides is 1. The molecule has 29 heavy (non-hydrogen) atoms. The van der Waals surface area contributed by atoms with Gasteiger partial charge in [0.05, 0.1) is 10.7 Å². The van der Waals surface area contributed by atoms with E-state index in [1.54, 1.807) is 42.5 Å². The lowest BCUT2D eigenvalue weighted by molar-refractivity contribution is -0.130. The molecule has 3 rings (SSSR count). The highest BCUT2D eigenvalue weighted by Crippen LogP contribution is 2.24. The molecule has 1 fully saturated rings. The molecule has 3 atom stereocenters. The van der Waals surface area contributed by atoms with Crippen molar-refractivity contribution in [3.8, 4) is 5.75 Å². The van der Waals surface area contributed by atoms with Crippen molar-refractivity contribution in [3.05, 3.63) is 45.9 Å². The second-order valence-electron chi connectivity index (χ2n) is 7.57. The van der Waals surface area contributed by atoms with Crippen molar-refractivity contribution in [2.24, 2.45) is 5.92 Å². The Hall–Kier alpha value is -2.41. The predicted octanol–water partition coefficient (Wildman–Crippen LogP) is 4.27. The van der Waals surface area contributed by atoms with Gasteiger partial charge >= 0.3 is 5.97 Å². The molecule has 6 nitrogen and oxygen atoms in total. The summed E-state index contributed by atoms with van der Waals surface area (Å²) in [6.07, 6.45) is 3.54. The van der Waals surface area contributed by atoms with Crippen molar-refractivity contribution in [2.75, 3.05) is 0 Å². The van der Waals surface area contributed by atoms with Crippen LogP contribution in [0.25, 0.3) is 0 Å². The van der Waals surface area contributed by atoms with Crippen LogP contribution in [0.1, 0.15) is 60.6 Å². The lowest BCUT2D eigenvalue weighted by atomic mass is 9.86. The van der Waals surface area contributed by atoms with E-state index in [-0.39, 0.29) is 18.6 Å². The molecule has 1 aromatic heterocycles. The van der Waals surface area contributed by atoms with Crippen LogP contribution >= 0.6 is 11.3 Å². The van der Waals surface area contributed by atoms with Crippen molar-refractivity contribution in [2.45, 2.75) is 65.2 Å². The number of nitrogens with one attached hydrogen (secondary N) is 1. The Labute approximate surface area is 175 Å². The average Bonchev–Trinajstić information content (AvgIpc) is 3.13. The minimum atomic E-state index is -0.870. The van der Waals surface area contributed by atoms with Crippen molar-refractivity contribution in [1.29, 1.82) is 0 Å². The first-order valence-electron chi connectivity index (χ1n) is 10.1. The molecule has 2 aromatic rings. The van der Waals surface area contributed by atoms with Crippen molar-refractivity contribution in [3.63, 3.8) is 0 Å². The first-order chi connectivity index (χ1) is 13.9. The predicted molar refractivity (Wildman–Crippen MR) is 112 cm³/mol. The second-order valence-corrected chi connectivity index (χ2v) is 8.63. The van der Waals surface area contributed by atoms with Gasteiger partial charge < -0.3 is 14.8 Å². The number of para-hydroxylation sites is 1. The van der Waals surface area contributed by atoms with Gasteiger partial charge in [0.2, 0.25) is 0 Å². The number of ether oxygens (including phenoxy) is 2. The molecule has 1 aliphatic rings. The highest BCUT2D eigenvalue weighted by molar-refractivity contribution is 7.09. The Balaban J connectivity index is 1.58. The summed E-state index contributed by atoms with van der Waals surface area (Å²) in [6, 6.07) is 7.03. The molecule has 0 aliphatic heterocycles. The maximum absolute atomic E-state index is 12.7. The van der Waals surface area contributed by atoms with Gasteiger partial charge in [0.25, 0.3) is 5.91 Å². The van der Waals surface area contributed by atoms with Crippen LogP contribution in [0, 0.1) is 12.8 Å². The number of aromatic nitrogens is 1. The number of nitrogens with zero attached hydrogens (tertiary/aromatic N) is 1. The number of aryl methyl sites for hydroxylation is 1. The second kappa shape index (κ2) is 9.87.